The van der Waals surface area contributed by atoms with E-state index in [9.17, 15) is 14.9 Å². The van der Waals surface area contributed by atoms with Gasteiger partial charge in [0.2, 0.25) is 0 Å². The molecule has 0 aliphatic heterocycles. The number of nitrogens with zero attached hydrogens (tertiary/aromatic N) is 4. The third-order valence-corrected chi connectivity index (χ3v) is 3.95. The molecule has 2 aromatic carbocycles. The SMILES string of the molecule is COc1cccc(N=Nc2c(-c3ccc([N+](=O)[O-])cc3)[nH]n(C(N)=S)c2=O)c1. The van der Waals surface area contributed by atoms with Gasteiger partial charge in [0.1, 0.15) is 5.75 Å². The molecule has 0 amide bonds. The van der Waals surface area contributed by atoms with Crippen molar-refractivity contribution in [2.45, 2.75) is 0 Å². The average Bonchev–Trinajstić information content (AvgIpc) is 3.03. The van der Waals surface area contributed by atoms with Gasteiger partial charge < -0.3 is 10.5 Å². The lowest BCUT2D eigenvalue weighted by Gasteiger charge is -2.00. The first-order chi connectivity index (χ1) is 13.4. The van der Waals surface area contributed by atoms with Crippen molar-refractivity contribution in [1.29, 1.82) is 0 Å². The lowest BCUT2D eigenvalue weighted by Crippen LogP contribution is -2.29. The van der Waals surface area contributed by atoms with Gasteiger partial charge in [-0.25, -0.2) is 0 Å². The van der Waals surface area contributed by atoms with Gasteiger partial charge in [0.15, 0.2) is 10.8 Å². The van der Waals surface area contributed by atoms with E-state index >= 15 is 0 Å². The highest BCUT2D eigenvalue weighted by atomic mass is 32.1. The van der Waals surface area contributed by atoms with Gasteiger partial charge in [-0.05, 0) is 36.5 Å². The smallest absolute Gasteiger partial charge is 0.301 e. The summed E-state index contributed by atoms with van der Waals surface area (Å²) in [5, 5.41) is 21.5. The predicted molar refractivity (Wildman–Crippen MR) is 106 cm³/mol. The summed E-state index contributed by atoms with van der Waals surface area (Å²) < 4.78 is 6.08. The summed E-state index contributed by atoms with van der Waals surface area (Å²) in [6, 6.07) is 12.4. The van der Waals surface area contributed by atoms with E-state index in [2.05, 4.69) is 15.3 Å². The summed E-state index contributed by atoms with van der Waals surface area (Å²) in [6.45, 7) is 0. The maximum Gasteiger partial charge on any atom is 0.301 e. The van der Waals surface area contributed by atoms with Gasteiger partial charge in [-0.3, -0.25) is 20.0 Å². The fourth-order valence-corrected chi connectivity index (χ4v) is 2.54. The van der Waals surface area contributed by atoms with Crippen molar-refractivity contribution in [1.82, 2.24) is 9.78 Å². The zero-order valence-electron chi connectivity index (χ0n) is 14.5. The van der Waals surface area contributed by atoms with E-state index in [1.54, 1.807) is 24.3 Å². The van der Waals surface area contributed by atoms with Crippen molar-refractivity contribution in [3.8, 4) is 17.0 Å². The number of nitro benzene ring substituents is 1. The molecule has 11 heteroatoms. The van der Waals surface area contributed by atoms with Crippen LogP contribution in [0.3, 0.4) is 0 Å². The summed E-state index contributed by atoms with van der Waals surface area (Å²) in [5.41, 5.74) is 6.09. The van der Waals surface area contributed by atoms with Crippen molar-refractivity contribution in [2.24, 2.45) is 16.0 Å². The Kier molecular flexibility index (Phi) is 5.27. The molecule has 0 saturated carbocycles. The summed E-state index contributed by atoms with van der Waals surface area (Å²) in [7, 11) is 1.52. The van der Waals surface area contributed by atoms with Gasteiger partial charge in [-0.2, -0.15) is 9.80 Å². The molecule has 1 aromatic heterocycles. The maximum atomic E-state index is 12.6. The largest absolute Gasteiger partial charge is 0.497 e. The Morgan fingerprint density at radius 2 is 1.96 bits per heavy atom. The predicted octanol–water partition coefficient (Wildman–Crippen LogP) is 3.27. The molecule has 0 spiro atoms. The minimum atomic E-state index is -0.590. The molecule has 0 bridgehead atoms. The molecular weight excluding hydrogens is 384 g/mol. The second kappa shape index (κ2) is 7.80. The lowest BCUT2D eigenvalue weighted by molar-refractivity contribution is -0.384. The highest BCUT2D eigenvalue weighted by Gasteiger charge is 2.18. The van der Waals surface area contributed by atoms with Crippen LogP contribution < -0.4 is 16.0 Å². The van der Waals surface area contributed by atoms with E-state index in [0.717, 1.165) is 4.68 Å². The highest BCUT2D eigenvalue weighted by molar-refractivity contribution is 7.80. The van der Waals surface area contributed by atoms with Crippen LogP contribution in [0.2, 0.25) is 0 Å². The van der Waals surface area contributed by atoms with E-state index in [-0.39, 0.29) is 22.2 Å². The van der Waals surface area contributed by atoms with Crippen LogP contribution in [0.4, 0.5) is 17.1 Å². The Bertz CT molecular complexity index is 1130. The van der Waals surface area contributed by atoms with E-state index in [0.29, 0.717) is 17.0 Å². The first-order valence-electron chi connectivity index (χ1n) is 7.86. The van der Waals surface area contributed by atoms with Crippen LogP contribution in [0.5, 0.6) is 5.75 Å². The van der Waals surface area contributed by atoms with Crippen molar-refractivity contribution >= 4 is 34.4 Å². The number of azo groups is 1. The normalized spacial score (nSPS) is 10.9. The Morgan fingerprint density at radius 1 is 1.25 bits per heavy atom. The molecule has 0 unspecified atom stereocenters. The molecule has 0 aliphatic carbocycles. The molecule has 3 aromatic rings. The number of aromatic nitrogens is 2. The van der Waals surface area contributed by atoms with E-state index in [4.69, 9.17) is 22.7 Å². The number of rotatable bonds is 5. The van der Waals surface area contributed by atoms with Gasteiger partial charge in [0, 0.05) is 23.8 Å². The van der Waals surface area contributed by atoms with Gasteiger partial charge in [0.05, 0.1) is 23.4 Å². The number of hydrogen-bond acceptors (Lipinski definition) is 7. The van der Waals surface area contributed by atoms with Crippen LogP contribution in [0, 0.1) is 10.1 Å². The van der Waals surface area contributed by atoms with Crippen LogP contribution in [0.15, 0.2) is 63.6 Å². The fraction of sp³-hybridized carbons (Fsp3) is 0.0588. The number of methoxy groups -OCH3 is 1. The molecule has 3 N–H and O–H groups in total. The molecule has 0 fully saturated rings. The van der Waals surface area contributed by atoms with Crippen LogP contribution in [-0.2, 0) is 0 Å². The standard InChI is InChI=1S/C17H14N6O4S/c1-27-13-4-2-3-11(9-13)19-20-15-14(21-22(16(15)24)17(18)28)10-5-7-12(8-6-10)23(25)26/h2-9,21H,1H3,(H2,18,28). The Hall–Kier alpha value is -3.86. The van der Waals surface area contributed by atoms with Gasteiger partial charge in [-0.1, -0.05) is 6.07 Å². The maximum absolute atomic E-state index is 12.6. The molecule has 0 aliphatic rings. The van der Waals surface area contributed by atoms with Crippen molar-refractivity contribution in [2.75, 3.05) is 7.11 Å². The lowest BCUT2D eigenvalue weighted by atomic mass is 10.1. The number of aromatic amines is 1. The molecule has 0 radical (unpaired) electrons. The summed E-state index contributed by atoms with van der Waals surface area (Å²) in [5.74, 6) is 0.585. The van der Waals surface area contributed by atoms with Crippen LogP contribution >= 0.6 is 12.2 Å². The van der Waals surface area contributed by atoms with Crippen molar-refractivity contribution < 1.29 is 9.66 Å². The van der Waals surface area contributed by atoms with Crippen molar-refractivity contribution in [3.63, 3.8) is 0 Å². The molecule has 10 nitrogen and oxygen atoms in total. The third kappa shape index (κ3) is 3.78. The van der Waals surface area contributed by atoms with E-state index in [1.165, 1.54) is 31.4 Å². The number of hydrogen-bond donors (Lipinski definition) is 2. The number of nitrogens with one attached hydrogen (secondary N) is 1. The molecule has 0 atom stereocenters. The number of ether oxygens (including phenoxy) is 1. The number of thiocarbonyl (C=S) groups is 1. The number of nitro groups is 1. The Labute approximate surface area is 163 Å². The zero-order chi connectivity index (χ0) is 20.3. The molecule has 1 heterocycles. The van der Waals surface area contributed by atoms with Gasteiger partial charge in [-0.15, -0.1) is 5.11 Å². The zero-order valence-corrected chi connectivity index (χ0v) is 15.3. The molecular formula is C17H14N6O4S. The first-order valence-corrected chi connectivity index (χ1v) is 8.27. The van der Waals surface area contributed by atoms with Crippen LogP contribution in [0.25, 0.3) is 11.3 Å². The average molecular weight is 398 g/mol. The number of nitrogens with two attached hydrogens (primary N) is 1. The van der Waals surface area contributed by atoms with Crippen LogP contribution in [0.1, 0.15) is 0 Å². The van der Waals surface area contributed by atoms with Gasteiger partial charge in [0.25, 0.3) is 5.69 Å². The summed E-state index contributed by atoms with van der Waals surface area (Å²) in [6.07, 6.45) is 0. The minimum absolute atomic E-state index is 0.0375. The minimum Gasteiger partial charge on any atom is -0.497 e. The Morgan fingerprint density at radius 3 is 2.57 bits per heavy atom. The summed E-state index contributed by atoms with van der Waals surface area (Å²) in [4.78, 5) is 22.9. The summed E-state index contributed by atoms with van der Waals surface area (Å²) >= 11 is 4.87. The second-order valence-electron chi connectivity index (χ2n) is 5.52. The molecule has 142 valence electrons. The molecule has 0 saturated heterocycles. The topological polar surface area (TPSA) is 141 Å². The fourth-order valence-electron chi connectivity index (χ4n) is 2.41. The second-order valence-corrected chi connectivity index (χ2v) is 5.94. The monoisotopic (exact) mass is 398 g/mol. The van der Waals surface area contributed by atoms with E-state index in [1.807, 2.05) is 0 Å². The number of non-ortho nitro benzene ring substituents is 1. The van der Waals surface area contributed by atoms with Crippen molar-refractivity contribution in [3.05, 3.63) is 69.0 Å². The van der Waals surface area contributed by atoms with Crippen LogP contribution in [-0.4, -0.2) is 26.9 Å². The third-order valence-electron chi connectivity index (χ3n) is 3.77. The first kappa shape index (κ1) is 18.9. The quantitative estimate of drug-likeness (QED) is 0.292. The molecule has 28 heavy (non-hydrogen) atoms. The Balaban J connectivity index is 2.08. The van der Waals surface area contributed by atoms with E-state index < -0.39 is 10.5 Å². The number of H-pyrrole nitrogens is 1. The highest BCUT2D eigenvalue weighted by Crippen LogP contribution is 2.29. The van der Waals surface area contributed by atoms with Gasteiger partial charge >= 0.3 is 5.56 Å². The molecule has 3 rings (SSSR count). The number of benzene rings is 2.